The van der Waals surface area contributed by atoms with Gasteiger partial charge in [-0.05, 0) is 51.4 Å². The van der Waals surface area contributed by atoms with E-state index in [4.69, 9.17) is 14.2 Å². The molecule has 0 aromatic rings. The highest BCUT2D eigenvalue weighted by atomic mass is 16.6. The molecule has 6 heteroatoms. The Kier molecular flexibility index (Phi) is 64.6. The molecule has 1 atom stereocenters. The van der Waals surface area contributed by atoms with Gasteiger partial charge in [0.05, 0.1) is 0 Å². The molecule has 0 amide bonds. The molecule has 0 aromatic heterocycles. The molecule has 77 heavy (non-hydrogen) atoms. The minimum absolute atomic E-state index is 0.0641. The summed E-state index contributed by atoms with van der Waals surface area (Å²) in [5.41, 5.74) is 0. The van der Waals surface area contributed by atoms with E-state index in [0.717, 1.165) is 64.2 Å². The van der Waals surface area contributed by atoms with E-state index < -0.39 is 6.10 Å². The Hall–Kier alpha value is -2.11. The zero-order valence-electron chi connectivity index (χ0n) is 52.3. The van der Waals surface area contributed by atoms with Crippen LogP contribution in [0.5, 0.6) is 0 Å². The van der Waals surface area contributed by atoms with Crippen LogP contribution in [0.1, 0.15) is 393 Å². The normalized spacial score (nSPS) is 12.1. The molecule has 0 rings (SSSR count). The molecule has 6 nitrogen and oxygen atoms in total. The Bertz CT molecular complexity index is 1240. The maximum Gasteiger partial charge on any atom is 0.306 e. The van der Waals surface area contributed by atoms with Crippen LogP contribution >= 0.6 is 0 Å². The van der Waals surface area contributed by atoms with E-state index in [9.17, 15) is 14.4 Å². The summed E-state index contributed by atoms with van der Waals surface area (Å²) in [5, 5.41) is 0. The molecule has 1 unspecified atom stereocenters. The van der Waals surface area contributed by atoms with Crippen molar-refractivity contribution in [2.75, 3.05) is 13.2 Å². The van der Waals surface area contributed by atoms with Gasteiger partial charge in [0.15, 0.2) is 6.10 Å². The van der Waals surface area contributed by atoms with Gasteiger partial charge in [0, 0.05) is 19.3 Å². The molecular formula is C71H134O6. The van der Waals surface area contributed by atoms with Crippen molar-refractivity contribution in [1.82, 2.24) is 0 Å². The standard InChI is InChI=1S/C71H134O6/c1-4-7-10-13-16-18-20-22-24-26-28-30-31-32-33-34-35-36-37-38-39-41-42-44-46-48-50-52-55-58-61-64-70(73)76-67-68(66-75-69(72)63-60-57-54-15-12-9-6-3)77-71(74)65-62-59-56-53-51-49-47-45-43-40-29-27-25-23-21-19-17-14-11-8-5-2/h20,22,26,28,68H,4-19,21,23-25,27,29-67H2,1-3H3/b22-20-,28-26-. The smallest absolute Gasteiger partial charge is 0.306 e. The summed E-state index contributed by atoms with van der Waals surface area (Å²) in [5.74, 6) is -0.841. The lowest BCUT2D eigenvalue weighted by molar-refractivity contribution is -0.167. The van der Waals surface area contributed by atoms with Gasteiger partial charge in [0.2, 0.25) is 0 Å². The first-order valence-corrected chi connectivity index (χ1v) is 34.8. The Labute approximate surface area is 481 Å². The Morgan fingerprint density at radius 1 is 0.260 bits per heavy atom. The van der Waals surface area contributed by atoms with Crippen molar-refractivity contribution in [2.24, 2.45) is 0 Å². The second-order valence-electron chi connectivity index (χ2n) is 23.8. The number of carbonyl (C=O) groups is 3. The van der Waals surface area contributed by atoms with E-state index in [-0.39, 0.29) is 31.1 Å². The number of rotatable bonds is 65. The molecule has 0 aliphatic carbocycles. The maximum absolute atomic E-state index is 12.9. The zero-order chi connectivity index (χ0) is 55.7. The summed E-state index contributed by atoms with van der Waals surface area (Å²) in [7, 11) is 0. The van der Waals surface area contributed by atoms with Crippen molar-refractivity contribution >= 4 is 17.9 Å². The predicted molar refractivity (Wildman–Crippen MR) is 335 cm³/mol. The summed E-state index contributed by atoms with van der Waals surface area (Å²) in [6.07, 6.45) is 81.0. The molecule has 0 N–H and O–H groups in total. The van der Waals surface area contributed by atoms with Gasteiger partial charge in [-0.1, -0.05) is 347 Å². The Morgan fingerprint density at radius 2 is 0.468 bits per heavy atom. The van der Waals surface area contributed by atoms with E-state index in [1.54, 1.807) is 0 Å². The molecule has 0 heterocycles. The second-order valence-corrected chi connectivity index (χ2v) is 23.8. The number of esters is 3. The topological polar surface area (TPSA) is 78.9 Å². The highest BCUT2D eigenvalue weighted by molar-refractivity contribution is 5.71. The second kappa shape index (κ2) is 66.4. The van der Waals surface area contributed by atoms with E-state index in [1.165, 1.54) is 289 Å². The van der Waals surface area contributed by atoms with Crippen molar-refractivity contribution < 1.29 is 28.6 Å². The van der Waals surface area contributed by atoms with Crippen molar-refractivity contribution in [3.05, 3.63) is 24.3 Å². The van der Waals surface area contributed by atoms with Crippen LogP contribution < -0.4 is 0 Å². The number of hydrogen-bond donors (Lipinski definition) is 0. The lowest BCUT2D eigenvalue weighted by Crippen LogP contribution is -2.30. The quantitative estimate of drug-likeness (QED) is 0.0261. The fraction of sp³-hybridized carbons (Fsp3) is 0.901. The zero-order valence-corrected chi connectivity index (χ0v) is 52.3. The van der Waals surface area contributed by atoms with Crippen LogP contribution in [0, 0.1) is 0 Å². The first-order valence-electron chi connectivity index (χ1n) is 34.8. The number of allylic oxidation sites excluding steroid dienone is 4. The summed E-state index contributed by atoms with van der Waals surface area (Å²) >= 11 is 0. The van der Waals surface area contributed by atoms with Crippen LogP contribution in [0.4, 0.5) is 0 Å². The highest BCUT2D eigenvalue weighted by Gasteiger charge is 2.19. The first kappa shape index (κ1) is 74.9. The van der Waals surface area contributed by atoms with E-state index in [0.29, 0.717) is 19.3 Å². The fourth-order valence-electron chi connectivity index (χ4n) is 10.7. The monoisotopic (exact) mass is 1080 g/mol. The van der Waals surface area contributed by atoms with Crippen LogP contribution in [0.25, 0.3) is 0 Å². The third kappa shape index (κ3) is 64.6. The first-order chi connectivity index (χ1) is 38.0. The summed E-state index contributed by atoms with van der Waals surface area (Å²) in [4.78, 5) is 38.1. The summed E-state index contributed by atoms with van der Waals surface area (Å²) in [6.45, 7) is 6.66. The molecule has 0 aliphatic heterocycles. The van der Waals surface area contributed by atoms with Crippen LogP contribution in [0.3, 0.4) is 0 Å². The Morgan fingerprint density at radius 3 is 0.714 bits per heavy atom. The summed E-state index contributed by atoms with van der Waals surface area (Å²) < 4.78 is 16.9. The number of hydrogen-bond acceptors (Lipinski definition) is 6. The van der Waals surface area contributed by atoms with Crippen LogP contribution in [-0.4, -0.2) is 37.2 Å². The SMILES string of the molecule is CCCCCCC/C=C\C/C=C\CCCCCCCCCCCCCCCCCCCCCC(=O)OCC(COC(=O)CCCCCCCCC)OC(=O)CCCCCCCCCCCCCCCCCCCCCCC. The minimum atomic E-state index is -0.764. The lowest BCUT2D eigenvalue weighted by Gasteiger charge is -2.18. The van der Waals surface area contributed by atoms with Gasteiger partial charge < -0.3 is 14.2 Å². The average molecular weight is 1080 g/mol. The van der Waals surface area contributed by atoms with Gasteiger partial charge in [-0.25, -0.2) is 0 Å². The van der Waals surface area contributed by atoms with Crippen molar-refractivity contribution in [2.45, 2.75) is 399 Å². The number of carbonyl (C=O) groups excluding carboxylic acids is 3. The van der Waals surface area contributed by atoms with Crippen LogP contribution in [-0.2, 0) is 28.6 Å². The summed E-state index contributed by atoms with van der Waals surface area (Å²) in [6, 6.07) is 0. The third-order valence-electron chi connectivity index (χ3n) is 16.0. The molecule has 0 aromatic carbocycles. The van der Waals surface area contributed by atoms with Crippen LogP contribution in [0.15, 0.2) is 24.3 Å². The molecule has 0 aliphatic rings. The van der Waals surface area contributed by atoms with Gasteiger partial charge in [0.25, 0.3) is 0 Å². The third-order valence-corrected chi connectivity index (χ3v) is 16.0. The van der Waals surface area contributed by atoms with Crippen LogP contribution in [0.2, 0.25) is 0 Å². The molecular weight excluding hydrogens is 949 g/mol. The average Bonchev–Trinajstić information content (AvgIpc) is 3.43. The minimum Gasteiger partial charge on any atom is -0.462 e. The van der Waals surface area contributed by atoms with E-state index in [2.05, 4.69) is 45.1 Å². The largest absolute Gasteiger partial charge is 0.462 e. The number of unbranched alkanes of at least 4 members (excludes halogenated alkanes) is 50. The highest BCUT2D eigenvalue weighted by Crippen LogP contribution is 2.19. The maximum atomic E-state index is 12.9. The molecule has 0 radical (unpaired) electrons. The van der Waals surface area contributed by atoms with Crippen molar-refractivity contribution in [3.63, 3.8) is 0 Å². The van der Waals surface area contributed by atoms with Crippen molar-refractivity contribution in [3.8, 4) is 0 Å². The van der Waals surface area contributed by atoms with Gasteiger partial charge in [0.1, 0.15) is 13.2 Å². The van der Waals surface area contributed by atoms with E-state index >= 15 is 0 Å². The van der Waals surface area contributed by atoms with Gasteiger partial charge in [-0.2, -0.15) is 0 Å². The Balaban J connectivity index is 3.99. The predicted octanol–water partition coefficient (Wildman–Crippen LogP) is 23.8. The number of ether oxygens (including phenoxy) is 3. The van der Waals surface area contributed by atoms with Crippen molar-refractivity contribution in [1.29, 1.82) is 0 Å². The molecule has 0 spiro atoms. The molecule has 0 saturated carbocycles. The molecule has 0 saturated heterocycles. The van der Waals surface area contributed by atoms with Gasteiger partial charge in [-0.3, -0.25) is 14.4 Å². The molecule has 454 valence electrons. The fourth-order valence-corrected chi connectivity index (χ4v) is 10.7. The molecule has 0 bridgehead atoms. The van der Waals surface area contributed by atoms with Gasteiger partial charge in [-0.15, -0.1) is 0 Å². The van der Waals surface area contributed by atoms with E-state index in [1.807, 2.05) is 0 Å². The van der Waals surface area contributed by atoms with Gasteiger partial charge >= 0.3 is 17.9 Å². The molecule has 0 fully saturated rings. The lowest BCUT2D eigenvalue weighted by atomic mass is 10.0.